The maximum Gasteiger partial charge on any atom is 0.343 e. The highest BCUT2D eigenvalue weighted by Gasteiger charge is 2.07. The zero-order valence-electron chi connectivity index (χ0n) is 13.9. The van der Waals surface area contributed by atoms with Gasteiger partial charge in [-0.05, 0) is 36.4 Å². The van der Waals surface area contributed by atoms with Crippen molar-refractivity contribution in [2.75, 3.05) is 39.6 Å². The lowest BCUT2D eigenvalue weighted by Gasteiger charge is -2.08. The minimum Gasteiger partial charge on any atom is -0.491 e. The maximum atomic E-state index is 11.9. The molecule has 0 amide bonds. The van der Waals surface area contributed by atoms with Crippen molar-refractivity contribution in [2.24, 2.45) is 0 Å². The van der Waals surface area contributed by atoms with E-state index < -0.39 is 5.97 Å². The fraction of sp³-hybridized carbons (Fsp3) is 0.316. The van der Waals surface area contributed by atoms with Crippen LogP contribution in [0.2, 0.25) is 0 Å². The Morgan fingerprint density at radius 3 is 2.04 bits per heavy atom. The van der Waals surface area contributed by atoms with Gasteiger partial charge in [-0.1, -0.05) is 18.2 Å². The molecular weight excluding hydrogens is 324 g/mol. The number of hydrogen-bond acceptors (Lipinski definition) is 6. The van der Waals surface area contributed by atoms with Crippen molar-refractivity contribution < 1.29 is 28.8 Å². The van der Waals surface area contributed by atoms with E-state index in [0.717, 1.165) is 0 Å². The summed E-state index contributed by atoms with van der Waals surface area (Å²) < 4.78 is 21.2. The fourth-order valence-corrected chi connectivity index (χ4v) is 1.95. The zero-order chi connectivity index (χ0) is 17.7. The Bertz CT molecular complexity index is 612. The van der Waals surface area contributed by atoms with Crippen LogP contribution >= 0.6 is 0 Å². The molecule has 0 aliphatic rings. The molecule has 0 atom stereocenters. The molecule has 0 unspecified atom stereocenters. The van der Waals surface area contributed by atoms with Gasteiger partial charge in [-0.3, -0.25) is 0 Å². The van der Waals surface area contributed by atoms with Crippen molar-refractivity contribution in [3.05, 3.63) is 60.2 Å². The first-order valence-electron chi connectivity index (χ1n) is 8.06. The van der Waals surface area contributed by atoms with Crippen LogP contribution in [-0.2, 0) is 9.47 Å². The van der Waals surface area contributed by atoms with Crippen LogP contribution < -0.4 is 9.47 Å². The summed E-state index contributed by atoms with van der Waals surface area (Å²) in [5.41, 5.74) is 0.503. The third kappa shape index (κ3) is 7.34. The van der Waals surface area contributed by atoms with Gasteiger partial charge in [-0.2, -0.15) is 0 Å². The van der Waals surface area contributed by atoms with E-state index in [0.29, 0.717) is 50.1 Å². The van der Waals surface area contributed by atoms with Crippen molar-refractivity contribution in [1.82, 2.24) is 0 Å². The number of carbonyl (C=O) groups excluding carboxylic acids is 1. The molecule has 25 heavy (non-hydrogen) atoms. The van der Waals surface area contributed by atoms with Gasteiger partial charge in [0, 0.05) is 0 Å². The lowest BCUT2D eigenvalue weighted by atomic mass is 10.2. The molecule has 2 aromatic carbocycles. The average Bonchev–Trinajstić information content (AvgIpc) is 2.66. The Morgan fingerprint density at radius 1 is 0.760 bits per heavy atom. The smallest absolute Gasteiger partial charge is 0.343 e. The van der Waals surface area contributed by atoms with Crippen LogP contribution in [0.5, 0.6) is 11.5 Å². The van der Waals surface area contributed by atoms with E-state index in [1.807, 2.05) is 6.07 Å². The van der Waals surface area contributed by atoms with Crippen molar-refractivity contribution in [2.45, 2.75) is 0 Å². The minimum atomic E-state index is -0.397. The van der Waals surface area contributed by atoms with Crippen molar-refractivity contribution in [3.8, 4) is 11.5 Å². The number of hydrogen-bond donors (Lipinski definition) is 1. The molecule has 0 saturated carbocycles. The molecule has 2 aromatic rings. The predicted octanol–water partition coefficient (Wildman–Crippen LogP) is 2.31. The third-order valence-electron chi connectivity index (χ3n) is 3.15. The van der Waals surface area contributed by atoms with Crippen LogP contribution in [-0.4, -0.2) is 50.7 Å². The summed E-state index contributed by atoms with van der Waals surface area (Å²) in [6.07, 6.45) is 0. The first kappa shape index (κ1) is 18.9. The molecule has 0 fully saturated rings. The molecule has 6 heteroatoms. The van der Waals surface area contributed by atoms with E-state index >= 15 is 0 Å². The Balaban J connectivity index is 1.65. The van der Waals surface area contributed by atoms with E-state index in [2.05, 4.69) is 0 Å². The summed E-state index contributed by atoms with van der Waals surface area (Å²) in [4.78, 5) is 11.9. The fourth-order valence-electron chi connectivity index (χ4n) is 1.95. The van der Waals surface area contributed by atoms with Crippen LogP contribution in [0.1, 0.15) is 10.4 Å². The van der Waals surface area contributed by atoms with Crippen molar-refractivity contribution >= 4 is 5.97 Å². The summed E-state index contributed by atoms with van der Waals surface area (Å²) >= 11 is 0. The summed E-state index contributed by atoms with van der Waals surface area (Å²) in [6, 6.07) is 15.6. The number of esters is 1. The lowest BCUT2D eigenvalue weighted by Crippen LogP contribution is -2.12. The van der Waals surface area contributed by atoms with E-state index in [-0.39, 0.29) is 6.61 Å². The first-order chi connectivity index (χ1) is 12.3. The highest BCUT2D eigenvalue weighted by atomic mass is 16.5. The molecular formula is C19H22O6. The normalized spacial score (nSPS) is 10.4. The van der Waals surface area contributed by atoms with Gasteiger partial charge in [-0.15, -0.1) is 0 Å². The molecule has 0 aromatic heterocycles. The van der Waals surface area contributed by atoms with Gasteiger partial charge >= 0.3 is 5.97 Å². The van der Waals surface area contributed by atoms with Crippen LogP contribution in [0.25, 0.3) is 0 Å². The van der Waals surface area contributed by atoms with Crippen LogP contribution in [0.15, 0.2) is 54.6 Å². The van der Waals surface area contributed by atoms with E-state index in [1.54, 1.807) is 48.5 Å². The predicted molar refractivity (Wildman–Crippen MR) is 92.1 cm³/mol. The topological polar surface area (TPSA) is 74.2 Å². The molecule has 0 saturated heterocycles. The molecule has 0 heterocycles. The highest BCUT2D eigenvalue weighted by Crippen LogP contribution is 2.18. The Labute approximate surface area is 146 Å². The highest BCUT2D eigenvalue weighted by molar-refractivity contribution is 5.90. The van der Waals surface area contributed by atoms with Crippen LogP contribution in [0.3, 0.4) is 0 Å². The summed E-state index contributed by atoms with van der Waals surface area (Å²) in [5, 5.41) is 8.55. The standard InChI is InChI=1S/C19H22O6/c20-10-11-22-12-13-23-14-15-24-17-6-8-18(9-7-17)25-19(21)16-4-2-1-3-5-16/h1-9,20H,10-15H2. The molecule has 1 N–H and O–H groups in total. The summed E-state index contributed by atoms with van der Waals surface area (Å²) in [6.45, 7) is 2.08. The number of aliphatic hydroxyl groups is 1. The van der Waals surface area contributed by atoms with Crippen LogP contribution in [0.4, 0.5) is 0 Å². The van der Waals surface area contributed by atoms with Crippen LogP contribution in [0, 0.1) is 0 Å². The van der Waals surface area contributed by atoms with E-state index in [4.69, 9.17) is 24.1 Å². The molecule has 6 nitrogen and oxygen atoms in total. The average molecular weight is 346 g/mol. The monoisotopic (exact) mass is 346 g/mol. The molecule has 0 bridgehead atoms. The Kier molecular flexibility index (Phi) is 8.48. The lowest BCUT2D eigenvalue weighted by molar-refractivity contribution is 0.0247. The van der Waals surface area contributed by atoms with Gasteiger partial charge < -0.3 is 24.1 Å². The summed E-state index contributed by atoms with van der Waals surface area (Å²) in [5.74, 6) is 0.726. The number of aliphatic hydroxyl groups excluding tert-OH is 1. The number of benzene rings is 2. The van der Waals surface area contributed by atoms with Crippen molar-refractivity contribution in [3.63, 3.8) is 0 Å². The molecule has 0 radical (unpaired) electrons. The second kappa shape index (κ2) is 11.2. The molecule has 134 valence electrons. The van der Waals surface area contributed by atoms with Gasteiger partial charge in [0.25, 0.3) is 0 Å². The SMILES string of the molecule is O=C(Oc1ccc(OCCOCCOCCO)cc1)c1ccccc1. The molecule has 0 aliphatic carbocycles. The van der Waals surface area contributed by atoms with Crippen molar-refractivity contribution in [1.29, 1.82) is 0 Å². The third-order valence-corrected chi connectivity index (χ3v) is 3.15. The van der Waals surface area contributed by atoms with Gasteiger partial charge in [0.15, 0.2) is 0 Å². The van der Waals surface area contributed by atoms with E-state index in [1.165, 1.54) is 0 Å². The van der Waals surface area contributed by atoms with Gasteiger partial charge in [0.1, 0.15) is 18.1 Å². The molecule has 0 aliphatic heterocycles. The number of carbonyl (C=O) groups is 1. The Morgan fingerprint density at radius 2 is 1.36 bits per heavy atom. The van der Waals surface area contributed by atoms with Gasteiger partial charge in [0.05, 0.1) is 38.6 Å². The second-order valence-electron chi connectivity index (χ2n) is 5.02. The van der Waals surface area contributed by atoms with Gasteiger partial charge in [-0.25, -0.2) is 4.79 Å². The molecule has 0 spiro atoms. The quantitative estimate of drug-likeness (QED) is 0.382. The zero-order valence-corrected chi connectivity index (χ0v) is 13.9. The van der Waals surface area contributed by atoms with Gasteiger partial charge in [0.2, 0.25) is 0 Å². The second-order valence-corrected chi connectivity index (χ2v) is 5.02. The maximum absolute atomic E-state index is 11.9. The largest absolute Gasteiger partial charge is 0.491 e. The Hall–Kier alpha value is -2.41. The number of rotatable bonds is 11. The molecule has 2 rings (SSSR count). The number of ether oxygens (including phenoxy) is 4. The first-order valence-corrected chi connectivity index (χ1v) is 8.06. The van der Waals surface area contributed by atoms with E-state index in [9.17, 15) is 4.79 Å². The minimum absolute atomic E-state index is 0.0137. The summed E-state index contributed by atoms with van der Waals surface area (Å²) in [7, 11) is 0.